The van der Waals surface area contributed by atoms with Gasteiger partial charge in [-0.1, -0.05) is 36.4 Å². The minimum absolute atomic E-state index is 0.0243. The molecule has 0 aromatic heterocycles. The van der Waals surface area contributed by atoms with E-state index in [1.807, 2.05) is 30.3 Å². The zero-order chi connectivity index (χ0) is 24.6. The number of carbonyl (C=O) groups is 4. The molecule has 0 aliphatic carbocycles. The van der Waals surface area contributed by atoms with Crippen molar-refractivity contribution in [2.45, 2.75) is 45.2 Å². The van der Waals surface area contributed by atoms with Gasteiger partial charge in [-0.25, -0.2) is 4.79 Å². The first-order valence-corrected chi connectivity index (χ1v) is 10.3. The molecule has 0 bridgehead atoms. The third kappa shape index (κ3) is 7.73. The summed E-state index contributed by atoms with van der Waals surface area (Å²) >= 11 is 0. The number of quaternary nitrogens is 1. The Morgan fingerprint density at radius 2 is 1.55 bits per heavy atom. The second-order valence-corrected chi connectivity index (χ2v) is 7.94. The van der Waals surface area contributed by atoms with Crippen LogP contribution >= 0.6 is 0 Å². The van der Waals surface area contributed by atoms with Gasteiger partial charge in [-0.05, 0) is 23.3 Å². The number of ether oxygens (including phenoxy) is 3. The molecule has 0 heterocycles. The second kappa shape index (κ2) is 11.2. The molecule has 0 aliphatic rings. The lowest BCUT2D eigenvalue weighted by molar-refractivity contribution is -0.451. The summed E-state index contributed by atoms with van der Waals surface area (Å²) < 4.78 is 15.0. The fourth-order valence-corrected chi connectivity index (χ4v) is 3.18. The van der Waals surface area contributed by atoms with Crippen molar-refractivity contribution in [3.8, 4) is 11.5 Å². The van der Waals surface area contributed by atoms with E-state index in [0.29, 0.717) is 12.0 Å². The van der Waals surface area contributed by atoms with E-state index in [1.54, 1.807) is 13.0 Å². The molecule has 2 rings (SSSR count). The molecular weight excluding hydrogens is 428 g/mol. The largest absolute Gasteiger partial charge is 0.467 e. The fraction of sp³-hybridized carbons (Fsp3) is 0.333. The maximum Gasteiger partial charge on any atom is 0.328 e. The summed E-state index contributed by atoms with van der Waals surface area (Å²) in [5.41, 5.74) is 4.48. The molecule has 33 heavy (non-hydrogen) atoms. The van der Waals surface area contributed by atoms with E-state index < -0.39 is 35.4 Å². The van der Waals surface area contributed by atoms with Gasteiger partial charge in [-0.15, -0.1) is 0 Å². The zero-order valence-corrected chi connectivity index (χ0v) is 19.2. The van der Waals surface area contributed by atoms with E-state index in [2.05, 4.69) is 11.1 Å². The quantitative estimate of drug-likeness (QED) is 0.423. The molecule has 2 aromatic carbocycles. The monoisotopic (exact) mass is 457 g/mol. The first-order valence-electron chi connectivity index (χ1n) is 10.3. The first kappa shape index (κ1) is 25.5. The molecule has 1 amide bonds. The topological polar surface area (TPSA) is 136 Å². The van der Waals surface area contributed by atoms with E-state index in [1.165, 1.54) is 33.1 Å². The van der Waals surface area contributed by atoms with Crippen molar-refractivity contribution >= 4 is 23.8 Å². The Bertz CT molecular complexity index is 1020. The highest BCUT2D eigenvalue weighted by molar-refractivity contribution is 5.89. The van der Waals surface area contributed by atoms with Crippen molar-refractivity contribution in [2.24, 2.45) is 0 Å². The molecule has 9 nitrogen and oxygen atoms in total. The van der Waals surface area contributed by atoms with Crippen LogP contribution in [0.3, 0.4) is 0 Å². The van der Waals surface area contributed by atoms with Crippen LogP contribution in [0.15, 0.2) is 48.5 Å². The summed E-state index contributed by atoms with van der Waals surface area (Å²) in [6.45, 7) is 4.12. The molecule has 0 radical (unpaired) electrons. The van der Waals surface area contributed by atoms with Crippen LogP contribution in [0.4, 0.5) is 0 Å². The molecule has 0 saturated heterocycles. The highest BCUT2D eigenvalue weighted by Crippen LogP contribution is 2.29. The van der Waals surface area contributed by atoms with Crippen LogP contribution in [0.5, 0.6) is 11.5 Å². The lowest BCUT2D eigenvalue weighted by Crippen LogP contribution is -2.78. The Kier molecular flexibility index (Phi) is 8.70. The summed E-state index contributed by atoms with van der Waals surface area (Å²) in [6, 6.07) is 12.9. The number of rotatable bonds is 9. The van der Waals surface area contributed by atoms with Crippen LogP contribution in [-0.4, -0.2) is 42.5 Å². The molecule has 0 spiro atoms. The molecule has 2 atom stereocenters. The van der Waals surface area contributed by atoms with Crippen LogP contribution < -0.4 is 20.5 Å². The van der Waals surface area contributed by atoms with Crippen molar-refractivity contribution in [1.29, 1.82) is 0 Å². The van der Waals surface area contributed by atoms with E-state index in [0.717, 1.165) is 5.56 Å². The number of nitrogens with one attached hydrogen (secondary N) is 1. The highest BCUT2D eigenvalue weighted by Gasteiger charge is 2.36. The lowest BCUT2D eigenvalue weighted by atomic mass is 9.92. The van der Waals surface area contributed by atoms with Crippen LogP contribution in [0.2, 0.25) is 0 Å². The summed E-state index contributed by atoms with van der Waals surface area (Å²) in [5.74, 6) is -2.16. The summed E-state index contributed by atoms with van der Waals surface area (Å²) in [7, 11) is 1.23. The smallest absolute Gasteiger partial charge is 0.328 e. The molecule has 0 aliphatic heterocycles. The van der Waals surface area contributed by atoms with E-state index in [-0.39, 0.29) is 17.9 Å². The molecule has 0 saturated carbocycles. The predicted molar refractivity (Wildman–Crippen MR) is 118 cm³/mol. The van der Waals surface area contributed by atoms with Gasteiger partial charge in [-0.3, -0.25) is 14.4 Å². The Balaban J connectivity index is 2.23. The van der Waals surface area contributed by atoms with Gasteiger partial charge in [0.2, 0.25) is 0 Å². The molecule has 2 aromatic rings. The average Bonchev–Trinajstić information content (AvgIpc) is 2.74. The molecule has 4 N–H and O–H groups in total. The van der Waals surface area contributed by atoms with Crippen LogP contribution in [0.25, 0.3) is 0 Å². The number of methoxy groups -OCH3 is 1. The maximum absolute atomic E-state index is 13.0. The molecule has 0 fully saturated rings. The third-order valence-corrected chi connectivity index (χ3v) is 4.73. The maximum atomic E-state index is 13.0. The van der Waals surface area contributed by atoms with Crippen molar-refractivity contribution in [2.75, 3.05) is 7.11 Å². The van der Waals surface area contributed by atoms with Crippen molar-refractivity contribution in [3.63, 3.8) is 0 Å². The summed E-state index contributed by atoms with van der Waals surface area (Å²) in [6.07, 6.45) is 0.426. The van der Waals surface area contributed by atoms with Crippen LogP contribution in [-0.2, 0) is 36.8 Å². The van der Waals surface area contributed by atoms with Crippen LogP contribution in [0.1, 0.15) is 31.9 Å². The van der Waals surface area contributed by atoms with Crippen molar-refractivity contribution in [3.05, 3.63) is 59.7 Å². The summed E-state index contributed by atoms with van der Waals surface area (Å²) in [5, 5.41) is 2.71. The average molecular weight is 458 g/mol. The third-order valence-electron chi connectivity index (χ3n) is 4.73. The number of esters is 3. The first-order chi connectivity index (χ1) is 15.5. The number of benzene rings is 2. The number of amides is 1. The highest BCUT2D eigenvalue weighted by atomic mass is 16.6. The molecule has 9 heteroatoms. The van der Waals surface area contributed by atoms with E-state index >= 15 is 0 Å². The summed E-state index contributed by atoms with van der Waals surface area (Å²) in [4.78, 5) is 48.1. The van der Waals surface area contributed by atoms with Gasteiger partial charge >= 0.3 is 17.9 Å². The van der Waals surface area contributed by atoms with Gasteiger partial charge in [0.15, 0.2) is 17.0 Å². The Labute approximate surface area is 192 Å². The van der Waals surface area contributed by atoms with Gasteiger partial charge in [0, 0.05) is 33.6 Å². The van der Waals surface area contributed by atoms with E-state index in [9.17, 15) is 19.2 Å². The van der Waals surface area contributed by atoms with Gasteiger partial charge in [-0.2, -0.15) is 0 Å². The molecule has 0 unspecified atom stereocenters. The number of hydrogen-bond acceptors (Lipinski definition) is 7. The van der Waals surface area contributed by atoms with Crippen LogP contribution in [0, 0.1) is 0 Å². The minimum Gasteiger partial charge on any atom is -0.467 e. The molecule has 176 valence electrons. The van der Waals surface area contributed by atoms with Gasteiger partial charge in [0.1, 0.15) is 6.04 Å². The Morgan fingerprint density at radius 1 is 0.939 bits per heavy atom. The van der Waals surface area contributed by atoms with E-state index in [4.69, 9.17) is 14.2 Å². The van der Waals surface area contributed by atoms with Crippen molar-refractivity contribution in [1.82, 2.24) is 5.32 Å². The Hall–Kier alpha value is -3.72. The standard InChI is InChI=1S/C24H28N2O7/c1-15(27)32-20-11-10-18(13-21(20)33-16(2)28)12-19(22(29)31-4)26-23(30)24(3,25)14-17-8-6-5-7-9-17/h5-11,13,19H,12,14,25H2,1-4H3,(H,26,30)/p+1/t19-,24-/m0/s1. The minimum atomic E-state index is -1.03. The zero-order valence-electron chi connectivity index (χ0n) is 19.2. The van der Waals surface area contributed by atoms with Gasteiger partial charge in [0.05, 0.1) is 7.11 Å². The Morgan fingerprint density at radius 3 is 2.12 bits per heavy atom. The number of hydrogen-bond donors (Lipinski definition) is 2. The predicted octanol–water partition coefficient (Wildman–Crippen LogP) is 0.981. The normalized spacial score (nSPS) is 13.2. The fourth-order valence-electron chi connectivity index (χ4n) is 3.18. The SMILES string of the molecule is COC(=O)[C@H](Cc1ccc(OC(C)=O)c(OC(C)=O)c1)NC(=O)[C@@](C)([NH3+])Cc1ccccc1. The van der Waals surface area contributed by atoms with Gasteiger partial charge < -0.3 is 25.3 Å². The lowest BCUT2D eigenvalue weighted by Gasteiger charge is -2.24. The number of carbonyl (C=O) groups excluding carboxylic acids is 4. The molecular formula is C24H29N2O7+. The second-order valence-electron chi connectivity index (χ2n) is 7.94. The van der Waals surface area contributed by atoms with Crippen molar-refractivity contribution < 1.29 is 39.1 Å². The van der Waals surface area contributed by atoms with Gasteiger partial charge in [0.25, 0.3) is 5.91 Å².